The number of para-hydroxylation sites is 1. The highest BCUT2D eigenvalue weighted by atomic mass is 16.6. The fourth-order valence-corrected chi connectivity index (χ4v) is 3.98. The van der Waals surface area contributed by atoms with Gasteiger partial charge in [-0.2, -0.15) is 5.10 Å². The summed E-state index contributed by atoms with van der Waals surface area (Å²) in [6.07, 6.45) is 6.34. The zero-order valence-corrected chi connectivity index (χ0v) is 19.9. The fourth-order valence-electron chi connectivity index (χ4n) is 3.98. The van der Waals surface area contributed by atoms with Gasteiger partial charge in [-0.05, 0) is 57.9 Å². The molecule has 1 aliphatic rings. The van der Waals surface area contributed by atoms with Crippen LogP contribution in [0.2, 0.25) is 0 Å². The highest BCUT2D eigenvalue weighted by molar-refractivity contribution is 5.79. The number of aromatic nitrogens is 3. The van der Waals surface area contributed by atoms with Crippen molar-refractivity contribution in [1.29, 1.82) is 0 Å². The van der Waals surface area contributed by atoms with E-state index < -0.39 is 5.60 Å². The Balaban J connectivity index is 1.41. The van der Waals surface area contributed by atoms with Gasteiger partial charge in [0.15, 0.2) is 0 Å². The van der Waals surface area contributed by atoms with Crippen LogP contribution in [-0.4, -0.2) is 50.4 Å². The lowest BCUT2D eigenvalue weighted by atomic mass is 9.96. The van der Waals surface area contributed by atoms with Crippen molar-refractivity contribution in [2.75, 3.05) is 13.1 Å². The number of amides is 2. The molecule has 1 aromatic carbocycles. The van der Waals surface area contributed by atoms with Crippen molar-refractivity contribution in [3.63, 3.8) is 0 Å². The van der Waals surface area contributed by atoms with Gasteiger partial charge in [-0.25, -0.2) is 9.48 Å². The van der Waals surface area contributed by atoms with Crippen LogP contribution in [0.3, 0.4) is 0 Å². The van der Waals surface area contributed by atoms with Crippen molar-refractivity contribution in [3.8, 4) is 16.9 Å². The highest BCUT2D eigenvalue weighted by Crippen LogP contribution is 2.24. The second kappa shape index (κ2) is 10.1. The van der Waals surface area contributed by atoms with E-state index in [0.717, 1.165) is 22.5 Å². The molecule has 3 heterocycles. The van der Waals surface area contributed by atoms with Gasteiger partial charge < -0.3 is 15.0 Å². The molecule has 0 atom stereocenters. The third kappa shape index (κ3) is 5.81. The van der Waals surface area contributed by atoms with Gasteiger partial charge in [0.2, 0.25) is 5.91 Å². The number of rotatable bonds is 5. The molecule has 0 radical (unpaired) electrons. The first-order valence-corrected chi connectivity index (χ1v) is 11.6. The summed E-state index contributed by atoms with van der Waals surface area (Å²) in [6.45, 7) is 6.96. The number of piperidine rings is 1. The SMILES string of the molecule is CC(C)(C)OC(=O)N1CCC(C(=O)NCc2cn(-c3ccccc3)nc2-c2ccncc2)CC1. The maximum Gasteiger partial charge on any atom is 0.410 e. The molecule has 0 saturated carbocycles. The van der Waals surface area contributed by atoms with Gasteiger partial charge in [0.25, 0.3) is 0 Å². The zero-order chi connectivity index (χ0) is 24.1. The standard InChI is InChI=1S/C26H31N5O3/c1-26(2,3)34-25(33)30-15-11-20(12-16-30)24(32)28-17-21-18-31(22-7-5-4-6-8-22)29-23(21)19-9-13-27-14-10-19/h4-10,13-14,18,20H,11-12,15-17H2,1-3H3,(H,28,32). The highest BCUT2D eigenvalue weighted by Gasteiger charge is 2.30. The van der Waals surface area contributed by atoms with E-state index in [1.807, 2.05) is 74.1 Å². The number of nitrogens with one attached hydrogen (secondary N) is 1. The Hall–Kier alpha value is -3.68. The van der Waals surface area contributed by atoms with Crippen LogP contribution in [0.5, 0.6) is 0 Å². The van der Waals surface area contributed by atoms with E-state index in [-0.39, 0.29) is 17.9 Å². The molecule has 8 nitrogen and oxygen atoms in total. The maximum atomic E-state index is 12.9. The van der Waals surface area contributed by atoms with Gasteiger partial charge in [0.05, 0.1) is 11.4 Å². The Bertz CT molecular complexity index is 1110. The molecule has 1 saturated heterocycles. The van der Waals surface area contributed by atoms with Crippen molar-refractivity contribution >= 4 is 12.0 Å². The molecule has 1 N–H and O–H groups in total. The van der Waals surface area contributed by atoms with Crippen LogP contribution in [0, 0.1) is 5.92 Å². The number of carbonyl (C=O) groups is 2. The quantitative estimate of drug-likeness (QED) is 0.615. The molecule has 2 amide bonds. The summed E-state index contributed by atoms with van der Waals surface area (Å²) >= 11 is 0. The summed E-state index contributed by atoms with van der Waals surface area (Å²) in [5.74, 6) is -0.135. The van der Waals surface area contributed by atoms with Crippen LogP contribution in [0.15, 0.2) is 61.1 Å². The van der Waals surface area contributed by atoms with Crippen LogP contribution in [-0.2, 0) is 16.1 Å². The van der Waals surface area contributed by atoms with Crippen LogP contribution < -0.4 is 5.32 Å². The van der Waals surface area contributed by atoms with E-state index in [4.69, 9.17) is 9.84 Å². The number of benzene rings is 1. The van der Waals surface area contributed by atoms with Gasteiger partial charge in [-0.3, -0.25) is 9.78 Å². The number of carbonyl (C=O) groups excluding carboxylic acids is 2. The minimum absolute atomic E-state index is 0.00280. The van der Waals surface area contributed by atoms with Gasteiger partial charge >= 0.3 is 6.09 Å². The third-order valence-corrected chi connectivity index (χ3v) is 5.74. The topological polar surface area (TPSA) is 89.4 Å². The predicted molar refractivity (Wildman–Crippen MR) is 129 cm³/mol. The summed E-state index contributed by atoms with van der Waals surface area (Å²) in [4.78, 5) is 31.0. The van der Waals surface area contributed by atoms with E-state index in [2.05, 4.69) is 10.3 Å². The van der Waals surface area contributed by atoms with Crippen molar-refractivity contribution in [1.82, 2.24) is 25.0 Å². The summed E-state index contributed by atoms with van der Waals surface area (Å²) in [5.41, 5.74) is 3.10. The summed E-state index contributed by atoms with van der Waals surface area (Å²) in [7, 11) is 0. The molecular formula is C26H31N5O3. The van der Waals surface area contributed by atoms with Crippen LogP contribution in [0.25, 0.3) is 16.9 Å². The number of hydrogen-bond donors (Lipinski definition) is 1. The summed E-state index contributed by atoms with van der Waals surface area (Å²) < 4.78 is 7.27. The second-order valence-electron chi connectivity index (χ2n) is 9.48. The average Bonchev–Trinajstić information content (AvgIpc) is 3.27. The Morgan fingerprint density at radius 3 is 2.38 bits per heavy atom. The maximum absolute atomic E-state index is 12.9. The Kier molecular flexibility index (Phi) is 6.95. The number of pyridine rings is 1. The third-order valence-electron chi connectivity index (χ3n) is 5.74. The van der Waals surface area contributed by atoms with E-state index in [9.17, 15) is 9.59 Å². The van der Waals surface area contributed by atoms with Gasteiger partial charge in [-0.15, -0.1) is 0 Å². The molecule has 2 aromatic heterocycles. The van der Waals surface area contributed by atoms with Crippen LogP contribution in [0.4, 0.5) is 4.79 Å². The van der Waals surface area contributed by atoms with Gasteiger partial charge in [0.1, 0.15) is 5.60 Å². The lowest BCUT2D eigenvalue weighted by molar-refractivity contribution is -0.126. The zero-order valence-electron chi connectivity index (χ0n) is 19.9. The van der Waals surface area contributed by atoms with E-state index in [1.165, 1.54) is 0 Å². The molecule has 178 valence electrons. The summed E-state index contributed by atoms with van der Waals surface area (Å²) in [6, 6.07) is 13.7. The van der Waals surface area contributed by atoms with Crippen LogP contribution >= 0.6 is 0 Å². The Labute approximate surface area is 199 Å². The first-order chi connectivity index (χ1) is 16.3. The number of hydrogen-bond acceptors (Lipinski definition) is 5. The monoisotopic (exact) mass is 461 g/mol. The number of nitrogens with zero attached hydrogens (tertiary/aromatic N) is 4. The molecule has 0 aliphatic carbocycles. The first kappa shape index (κ1) is 23.5. The molecule has 4 rings (SSSR count). The van der Waals surface area contributed by atoms with E-state index in [1.54, 1.807) is 17.3 Å². The van der Waals surface area contributed by atoms with Crippen LogP contribution in [0.1, 0.15) is 39.2 Å². The van der Waals surface area contributed by atoms with Crippen molar-refractivity contribution < 1.29 is 14.3 Å². The first-order valence-electron chi connectivity index (χ1n) is 11.6. The summed E-state index contributed by atoms with van der Waals surface area (Å²) in [5, 5.41) is 7.86. The molecule has 3 aromatic rings. The fraction of sp³-hybridized carbons (Fsp3) is 0.385. The van der Waals surface area contributed by atoms with Crippen molar-refractivity contribution in [3.05, 3.63) is 66.6 Å². The number of likely N-dealkylation sites (tertiary alicyclic amines) is 1. The Morgan fingerprint density at radius 1 is 1.06 bits per heavy atom. The molecular weight excluding hydrogens is 430 g/mol. The molecule has 1 fully saturated rings. The molecule has 0 spiro atoms. The molecule has 34 heavy (non-hydrogen) atoms. The molecule has 1 aliphatic heterocycles. The van der Waals surface area contributed by atoms with Crippen molar-refractivity contribution in [2.24, 2.45) is 5.92 Å². The molecule has 8 heteroatoms. The molecule has 0 unspecified atom stereocenters. The minimum Gasteiger partial charge on any atom is -0.444 e. The Morgan fingerprint density at radius 2 is 1.74 bits per heavy atom. The normalized spacial score (nSPS) is 14.6. The lowest BCUT2D eigenvalue weighted by Gasteiger charge is -2.32. The predicted octanol–water partition coefficient (Wildman–Crippen LogP) is 4.20. The van der Waals surface area contributed by atoms with E-state index >= 15 is 0 Å². The lowest BCUT2D eigenvalue weighted by Crippen LogP contribution is -2.44. The van der Waals surface area contributed by atoms with Gasteiger partial charge in [0, 0.05) is 55.3 Å². The number of ether oxygens (including phenoxy) is 1. The molecule has 0 bridgehead atoms. The van der Waals surface area contributed by atoms with Crippen molar-refractivity contribution in [2.45, 2.75) is 45.8 Å². The average molecular weight is 462 g/mol. The second-order valence-corrected chi connectivity index (χ2v) is 9.48. The van der Waals surface area contributed by atoms with E-state index in [0.29, 0.717) is 32.5 Å². The largest absolute Gasteiger partial charge is 0.444 e. The minimum atomic E-state index is -0.526. The van der Waals surface area contributed by atoms with Gasteiger partial charge in [-0.1, -0.05) is 18.2 Å². The smallest absolute Gasteiger partial charge is 0.410 e.